The van der Waals surface area contributed by atoms with Crippen LogP contribution in [0.25, 0.3) is 0 Å². The van der Waals surface area contributed by atoms with Crippen LogP contribution in [0, 0.1) is 11.8 Å². The zero-order valence-corrected chi connectivity index (χ0v) is 11.4. The topological polar surface area (TPSA) is 66.4 Å². The summed E-state index contributed by atoms with van der Waals surface area (Å²) in [7, 11) is -3.04. The van der Waals surface area contributed by atoms with E-state index in [0.29, 0.717) is 17.9 Å². The quantitative estimate of drug-likeness (QED) is 0.762. The van der Waals surface area contributed by atoms with Gasteiger partial charge in [-0.15, -0.1) is 0 Å². The summed E-state index contributed by atoms with van der Waals surface area (Å²) in [5.41, 5.74) is 0. The van der Waals surface area contributed by atoms with E-state index in [4.69, 9.17) is 0 Å². The average Bonchev–Trinajstić information content (AvgIpc) is 2.47. The van der Waals surface area contributed by atoms with Gasteiger partial charge in [0.2, 0.25) is 0 Å². The SMILES string of the molecule is CC1CCCC(NC2CS(=O)(=O)CC2O)C1C. The summed E-state index contributed by atoms with van der Waals surface area (Å²) >= 11 is 0. The minimum Gasteiger partial charge on any atom is -0.390 e. The molecule has 100 valence electrons. The largest absolute Gasteiger partial charge is 0.390 e. The number of hydrogen-bond donors (Lipinski definition) is 2. The van der Waals surface area contributed by atoms with Crippen molar-refractivity contribution < 1.29 is 13.5 Å². The molecule has 1 heterocycles. The fraction of sp³-hybridized carbons (Fsp3) is 1.00. The van der Waals surface area contributed by atoms with Gasteiger partial charge < -0.3 is 10.4 Å². The highest BCUT2D eigenvalue weighted by molar-refractivity contribution is 7.91. The maximum atomic E-state index is 11.4. The van der Waals surface area contributed by atoms with Crippen LogP contribution in [-0.2, 0) is 9.84 Å². The van der Waals surface area contributed by atoms with Gasteiger partial charge in [-0.3, -0.25) is 0 Å². The second-order valence-corrected chi connectivity index (χ2v) is 7.95. The summed E-state index contributed by atoms with van der Waals surface area (Å²) in [6.45, 7) is 4.47. The van der Waals surface area contributed by atoms with Crippen molar-refractivity contribution in [3.05, 3.63) is 0 Å². The Morgan fingerprint density at radius 1 is 1.12 bits per heavy atom. The molecule has 2 fully saturated rings. The molecule has 2 N–H and O–H groups in total. The fourth-order valence-electron chi connectivity index (χ4n) is 3.08. The number of aliphatic hydroxyl groups excluding tert-OH is 1. The van der Waals surface area contributed by atoms with Gasteiger partial charge in [0.25, 0.3) is 0 Å². The molecule has 0 radical (unpaired) electrons. The lowest BCUT2D eigenvalue weighted by atomic mass is 9.78. The van der Waals surface area contributed by atoms with Crippen molar-refractivity contribution in [1.82, 2.24) is 5.32 Å². The highest BCUT2D eigenvalue weighted by Gasteiger charge is 2.39. The first-order valence-corrected chi connectivity index (χ1v) is 8.36. The molecule has 2 aliphatic rings. The number of nitrogens with one attached hydrogen (secondary N) is 1. The van der Waals surface area contributed by atoms with Crippen molar-refractivity contribution in [3.8, 4) is 0 Å². The minimum atomic E-state index is -3.04. The Labute approximate surface area is 104 Å². The molecule has 1 saturated heterocycles. The highest BCUT2D eigenvalue weighted by atomic mass is 32.2. The third-order valence-electron chi connectivity index (χ3n) is 4.46. The monoisotopic (exact) mass is 261 g/mol. The molecule has 1 saturated carbocycles. The van der Waals surface area contributed by atoms with Gasteiger partial charge in [0, 0.05) is 12.1 Å². The highest BCUT2D eigenvalue weighted by Crippen LogP contribution is 2.30. The summed E-state index contributed by atoms with van der Waals surface area (Å²) in [4.78, 5) is 0. The number of rotatable bonds is 2. The van der Waals surface area contributed by atoms with Crippen LogP contribution in [0.2, 0.25) is 0 Å². The van der Waals surface area contributed by atoms with Crippen LogP contribution in [-0.4, -0.2) is 43.2 Å². The van der Waals surface area contributed by atoms with Crippen molar-refractivity contribution >= 4 is 9.84 Å². The van der Waals surface area contributed by atoms with Crippen molar-refractivity contribution in [1.29, 1.82) is 0 Å². The fourth-order valence-corrected chi connectivity index (χ4v) is 4.83. The van der Waals surface area contributed by atoms with Crippen LogP contribution in [0.5, 0.6) is 0 Å². The van der Waals surface area contributed by atoms with Gasteiger partial charge in [0.15, 0.2) is 9.84 Å². The number of aliphatic hydroxyl groups is 1. The molecule has 0 aromatic carbocycles. The maximum Gasteiger partial charge on any atom is 0.154 e. The van der Waals surface area contributed by atoms with E-state index in [1.807, 2.05) is 0 Å². The first-order chi connectivity index (χ1) is 7.89. The second kappa shape index (κ2) is 4.86. The summed E-state index contributed by atoms with van der Waals surface area (Å²) < 4.78 is 22.9. The van der Waals surface area contributed by atoms with E-state index in [1.165, 1.54) is 12.8 Å². The third kappa shape index (κ3) is 3.01. The van der Waals surface area contributed by atoms with E-state index < -0.39 is 15.9 Å². The van der Waals surface area contributed by atoms with Crippen LogP contribution in [0.15, 0.2) is 0 Å². The van der Waals surface area contributed by atoms with E-state index in [-0.39, 0.29) is 17.5 Å². The number of sulfone groups is 1. The van der Waals surface area contributed by atoms with Crippen LogP contribution >= 0.6 is 0 Å². The molecule has 0 bridgehead atoms. The maximum absolute atomic E-state index is 11.4. The van der Waals surface area contributed by atoms with E-state index in [9.17, 15) is 13.5 Å². The molecule has 17 heavy (non-hydrogen) atoms. The van der Waals surface area contributed by atoms with E-state index in [1.54, 1.807) is 0 Å². The lowest BCUT2D eigenvalue weighted by molar-refractivity contribution is 0.130. The first-order valence-electron chi connectivity index (χ1n) is 6.53. The molecule has 0 spiro atoms. The Hall–Kier alpha value is -0.130. The first kappa shape index (κ1) is 13.3. The van der Waals surface area contributed by atoms with Crippen molar-refractivity contribution in [3.63, 3.8) is 0 Å². The molecule has 0 aromatic heterocycles. The smallest absolute Gasteiger partial charge is 0.154 e. The zero-order chi connectivity index (χ0) is 12.6. The van der Waals surface area contributed by atoms with Gasteiger partial charge >= 0.3 is 0 Å². The molecule has 2 rings (SSSR count). The van der Waals surface area contributed by atoms with Gasteiger partial charge in [-0.2, -0.15) is 0 Å². The molecule has 0 aromatic rings. The molecule has 5 atom stereocenters. The lowest BCUT2D eigenvalue weighted by Gasteiger charge is -2.36. The predicted molar refractivity (Wildman–Crippen MR) is 67.6 cm³/mol. The standard InChI is InChI=1S/C12H23NO3S/c1-8-4-3-5-10(9(8)2)13-11-6-17(15,16)7-12(11)14/h8-14H,3-7H2,1-2H3. The predicted octanol–water partition coefficient (Wildman–Crippen LogP) is 0.559. The molecule has 4 nitrogen and oxygen atoms in total. The normalized spacial score (nSPS) is 45.9. The number of hydrogen-bond acceptors (Lipinski definition) is 4. The molecular formula is C12H23NO3S. The summed E-state index contributed by atoms with van der Waals surface area (Å²) in [5.74, 6) is 1.24. The third-order valence-corrected chi connectivity index (χ3v) is 6.17. The van der Waals surface area contributed by atoms with Gasteiger partial charge in [-0.05, 0) is 18.3 Å². The summed E-state index contributed by atoms with van der Waals surface area (Å²) in [6.07, 6.45) is 2.81. The van der Waals surface area contributed by atoms with Crippen LogP contribution in [0.4, 0.5) is 0 Å². The Kier molecular flexibility index (Phi) is 3.80. The minimum absolute atomic E-state index is 0.0820. The molecule has 0 amide bonds. The van der Waals surface area contributed by atoms with E-state index >= 15 is 0 Å². The van der Waals surface area contributed by atoms with Crippen molar-refractivity contribution in [2.24, 2.45) is 11.8 Å². The lowest BCUT2D eigenvalue weighted by Crippen LogP contribution is -2.50. The van der Waals surface area contributed by atoms with Crippen LogP contribution in [0.1, 0.15) is 33.1 Å². The second-order valence-electron chi connectivity index (χ2n) is 5.79. The van der Waals surface area contributed by atoms with Crippen LogP contribution < -0.4 is 5.32 Å². The summed E-state index contributed by atoms with van der Waals surface area (Å²) in [5, 5.41) is 13.1. The molecule has 1 aliphatic heterocycles. The Morgan fingerprint density at radius 3 is 2.41 bits per heavy atom. The van der Waals surface area contributed by atoms with Gasteiger partial charge in [-0.25, -0.2) is 8.42 Å². The van der Waals surface area contributed by atoms with Crippen molar-refractivity contribution in [2.75, 3.05) is 11.5 Å². The molecule has 1 aliphatic carbocycles. The van der Waals surface area contributed by atoms with E-state index in [0.717, 1.165) is 6.42 Å². The summed E-state index contributed by atoms with van der Waals surface area (Å²) in [6, 6.07) is 0.0875. The molecular weight excluding hydrogens is 238 g/mol. The van der Waals surface area contributed by atoms with Crippen molar-refractivity contribution in [2.45, 2.75) is 51.3 Å². The van der Waals surface area contributed by atoms with Crippen LogP contribution in [0.3, 0.4) is 0 Å². The van der Waals surface area contributed by atoms with Gasteiger partial charge in [0.1, 0.15) is 0 Å². The Balaban J connectivity index is 1.97. The zero-order valence-electron chi connectivity index (χ0n) is 10.6. The molecule has 5 heteroatoms. The van der Waals surface area contributed by atoms with Gasteiger partial charge in [0.05, 0.1) is 17.6 Å². The Morgan fingerprint density at radius 2 is 1.82 bits per heavy atom. The molecule has 5 unspecified atom stereocenters. The van der Waals surface area contributed by atoms with Gasteiger partial charge in [-0.1, -0.05) is 26.7 Å². The van der Waals surface area contributed by atoms with E-state index in [2.05, 4.69) is 19.2 Å². The Bertz CT molecular complexity index is 368. The average molecular weight is 261 g/mol.